The number of nitrogens with zero attached hydrogens (tertiary/aromatic N) is 3. The first-order chi connectivity index (χ1) is 12.6. The van der Waals surface area contributed by atoms with Crippen LogP contribution in [0.25, 0.3) is 0 Å². The highest BCUT2D eigenvalue weighted by molar-refractivity contribution is 5.61. The number of benzene rings is 1. The van der Waals surface area contributed by atoms with Crippen LogP contribution in [0.5, 0.6) is 5.75 Å². The van der Waals surface area contributed by atoms with Crippen molar-refractivity contribution < 1.29 is 4.74 Å². The van der Waals surface area contributed by atoms with Gasteiger partial charge in [-0.2, -0.15) is 0 Å². The average molecular weight is 354 g/mol. The molecule has 0 bridgehead atoms. The van der Waals surface area contributed by atoms with Crippen LogP contribution in [0.1, 0.15) is 37.6 Å². The number of likely N-dealkylation sites (N-methyl/N-ethyl adjacent to an activating group) is 1. The Morgan fingerprint density at radius 2 is 2.15 bits per heavy atom. The quantitative estimate of drug-likeness (QED) is 0.759. The molecule has 0 amide bonds. The van der Waals surface area contributed by atoms with Gasteiger partial charge < -0.3 is 20.4 Å². The van der Waals surface area contributed by atoms with Crippen LogP contribution in [0.15, 0.2) is 30.6 Å². The summed E-state index contributed by atoms with van der Waals surface area (Å²) in [5.41, 5.74) is 9.73. The van der Waals surface area contributed by atoms with Crippen LogP contribution in [0.2, 0.25) is 0 Å². The molecule has 138 valence electrons. The predicted molar refractivity (Wildman–Crippen MR) is 103 cm³/mol. The molecule has 3 N–H and O–H groups in total. The van der Waals surface area contributed by atoms with Gasteiger partial charge in [0.15, 0.2) is 0 Å². The van der Waals surface area contributed by atoms with Gasteiger partial charge in [0.25, 0.3) is 0 Å². The SMILES string of the molecule is CNC1CCN(c2cc([C@@H]3NNc4ccc(OC(C)C)cc43)ncn2)C1. The molecule has 0 aliphatic carbocycles. The Hall–Kier alpha value is -2.38. The third kappa shape index (κ3) is 3.32. The molecule has 3 heterocycles. The third-order valence-corrected chi connectivity index (χ3v) is 4.95. The summed E-state index contributed by atoms with van der Waals surface area (Å²) in [5.74, 6) is 1.86. The Bertz CT molecular complexity index is 780. The lowest BCUT2D eigenvalue weighted by atomic mass is 10.0. The number of anilines is 2. The molecule has 0 radical (unpaired) electrons. The van der Waals surface area contributed by atoms with Crippen LogP contribution < -0.4 is 25.8 Å². The Morgan fingerprint density at radius 1 is 1.27 bits per heavy atom. The largest absolute Gasteiger partial charge is 0.491 e. The van der Waals surface area contributed by atoms with Crippen molar-refractivity contribution in [3.05, 3.63) is 41.9 Å². The zero-order valence-electron chi connectivity index (χ0n) is 15.5. The van der Waals surface area contributed by atoms with Crippen LogP contribution in [-0.4, -0.2) is 42.3 Å². The number of fused-ring (bicyclic) bond motifs is 1. The van der Waals surface area contributed by atoms with Crippen LogP contribution in [-0.2, 0) is 0 Å². The lowest BCUT2D eigenvalue weighted by Crippen LogP contribution is -2.30. The minimum Gasteiger partial charge on any atom is -0.491 e. The number of rotatable bonds is 5. The molecular formula is C19H26N6O. The Kier molecular flexibility index (Phi) is 4.65. The predicted octanol–water partition coefficient (Wildman–Crippen LogP) is 2.08. The second kappa shape index (κ2) is 7.09. The Balaban J connectivity index is 1.59. The fraction of sp³-hybridized carbons (Fsp3) is 0.474. The van der Waals surface area contributed by atoms with Gasteiger partial charge in [-0.25, -0.2) is 15.4 Å². The maximum absolute atomic E-state index is 5.85. The molecule has 2 aliphatic rings. The molecule has 0 spiro atoms. The molecule has 7 heteroatoms. The first-order valence-corrected chi connectivity index (χ1v) is 9.20. The minimum atomic E-state index is -0.0230. The average Bonchev–Trinajstić information content (AvgIpc) is 3.28. The van der Waals surface area contributed by atoms with Gasteiger partial charge in [0.1, 0.15) is 17.9 Å². The van der Waals surface area contributed by atoms with E-state index in [0.29, 0.717) is 6.04 Å². The summed E-state index contributed by atoms with van der Waals surface area (Å²) in [6.45, 7) is 6.06. The molecule has 26 heavy (non-hydrogen) atoms. The van der Waals surface area contributed by atoms with Gasteiger partial charge in [0, 0.05) is 30.8 Å². The fourth-order valence-electron chi connectivity index (χ4n) is 3.60. The lowest BCUT2D eigenvalue weighted by molar-refractivity contribution is 0.242. The van der Waals surface area contributed by atoms with Crippen molar-refractivity contribution in [2.75, 3.05) is 30.5 Å². The van der Waals surface area contributed by atoms with Crippen LogP contribution in [0.4, 0.5) is 11.5 Å². The summed E-state index contributed by atoms with van der Waals surface area (Å²) in [4.78, 5) is 11.3. The molecule has 1 aromatic carbocycles. The van der Waals surface area contributed by atoms with Crippen LogP contribution in [0, 0.1) is 0 Å². The van der Waals surface area contributed by atoms with E-state index in [-0.39, 0.29) is 12.1 Å². The van der Waals surface area contributed by atoms with Gasteiger partial charge in [0.05, 0.1) is 23.5 Å². The first-order valence-electron chi connectivity index (χ1n) is 9.20. The number of hydrogen-bond donors (Lipinski definition) is 3. The monoisotopic (exact) mass is 354 g/mol. The molecule has 2 aromatic rings. The van der Waals surface area contributed by atoms with Gasteiger partial charge >= 0.3 is 0 Å². The van der Waals surface area contributed by atoms with Crippen molar-refractivity contribution in [1.82, 2.24) is 20.7 Å². The van der Waals surface area contributed by atoms with E-state index in [1.54, 1.807) is 6.33 Å². The normalized spacial score (nSPS) is 21.8. The highest BCUT2D eigenvalue weighted by Gasteiger charge is 2.27. The molecular weight excluding hydrogens is 328 g/mol. The van der Waals surface area contributed by atoms with E-state index in [1.165, 1.54) is 0 Å². The molecule has 4 rings (SSSR count). The van der Waals surface area contributed by atoms with Gasteiger partial charge in [-0.3, -0.25) is 0 Å². The van der Waals surface area contributed by atoms with E-state index in [2.05, 4.69) is 43.2 Å². The molecule has 2 atom stereocenters. The highest BCUT2D eigenvalue weighted by atomic mass is 16.5. The number of ether oxygens (including phenoxy) is 1. The molecule has 1 unspecified atom stereocenters. The summed E-state index contributed by atoms with van der Waals surface area (Å²) >= 11 is 0. The van der Waals surface area contributed by atoms with Gasteiger partial charge in [-0.05, 0) is 45.5 Å². The van der Waals surface area contributed by atoms with Crippen molar-refractivity contribution >= 4 is 11.5 Å². The standard InChI is InChI=1S/C19H26N6O/c1-12(2)26-14-4-5-16-15(8-14)19(24-23-16)17-9-18(22-11-21-17)25-7-6-13(10-25)20-3/h4-5,8-9,11-13,19-20,23-24H,6-7,10H2,1-3H3/t13?,19-/m1/s1. The molecule has 1 fully saturated rings. The summed E-state index contributed by atoms with van der Waals surface area (Å²) in [6, 6.07) is 8.70. The molecule has 2 aliphatic heterocycles. The summed E-state index contributed by atoms with van der Waals surface area (Å²) in [7, 11) is 2.02. The topological polar surface area (TPSA) is 74.3 Å². The zero-order valence-corrected chi connectivity index (χ0v) is 15.5. The van der Waals surface area contributed by atoms with Gasteiger partial charge in [0.2, 0.25) is 0 Å². The van der Waals surface area contributed by atoms with Crippen molar-refractivity contribution in [3.63, 3.8) is 0 Å². The van der Waals surface area contributed by atoms with E-state index in [4.69, 9.17) is 4.74 Å². The summed E-state index contributed by atoms with van der Waals surface area (Å²) < 4.78 is 5.85. The number of nitrogens with one attached hydrogen (secondary N) is 3. The third-order valence-electron chi connectivity index (χ3n) is 4.95. The fourth-order valence-corrected chi connectivity index (χ4v) is 3.60. The molecule has 1 aromatic heterocycles. The van der Waals surface area contributed by atoms with Crippen molar-refractivity contribution in [2.24, 2.45) is 0 Å². The van der Waals surface area contributed by atoms with Gasteiger partial charge in [-0.1, -0.05) is 0 Å². The number of hydrazine groups is 1. The van der Waals surface area contributed by atoms with Gasteiger partial charge in [-0.15, -0.1) is 0 Å². The van der Waals surface area contributed by atoms with Crippen molar-refractivity contribution in [1.29, 1.82) is 0 Å². The lowest BCUT2D eigenvalue weighted by Gasteiger charge is -2.19. The van der Waals surface area contributed by atoms with E-state index in [0.717, 1.165) is 48.0 Å². The van der Waals surface area contributed by atoms with Crippen LogP contribution in [0.3, 0.4) is 0 Å². The minimum absolute atomic E-state index is 0.0230. The van der Waals surface area contributed by atoms with E-state index >= 15 is 0 Å². The smallest absolute Gasteiger partial charge is 0.132 e. The highest BCUT2D eigenvalue weighted by Crippen LogP contribution is 2.35. The second-order valence-corrected chi connectivity index (χ2v) is 7.14. The van der Waals surface area contributed by atoms with E-state index in [1.807, 2.05) is 33.0 Å². The molecule has 0 saturated carbocycles. The zero-order chi connectivity index (χ0) is 18.1. The molecule has 7 nitrogen and oxygen atoms in total. The summed E-state index contributed by atoms with van der Waals surface area (Å²) in [5, 5.41) is 3.35. The number of hydrogen-bond acceptors (Lipinski definition) is 7. The summed E-state index contributed by atoms with van der Waals surface area (Å²) in [6.07, 6.45) is 2.94. The van der Waals surface area contributed by atoms with Crippen molar-refractivity contribution in [2.45, 2.75) is 38.5 Å². The maximum atomic E-state index is 5.85. The van der Waals surface area contributed by atoms with E-state index in [9.17, 15) is 0 Å². The second-order valence-electron chi connectivity index (χ2n) is 7.14. The maximum Gasteiger partial charge on any atom is 0.132 e. The Labute approximate surface area is 154 Å². The van der Waals surface area contributed by atoms with Crippen molar-refractivity contribution in [3.8, 4) is 5.75 Å². The van der Waals surface area contributed by atoms with E-state index < -0.39 is 0 Å². The first kappa shape index (κ1) is 17.1. The molecule has 1 saturated heterocycles. The number of aromatic nitrogens is 2. The van der Waals surface area contributed by atoms with Crippen LogP contribution >= 0.6 is 0 Å². The Morgan fingerprint density at radius 3 is 2.92 bits per heavy atom.